The van der Waals surface area contributed by atoms with E-state index in [4.69, 9.17) is 4.74 Å². The third kappa shape index (κ3) is 5.35. The van der Waals surface area contributed by atoms with Gasteiger partial charge >= 0.3 is 0 Å². The van der Waals surface area contributed by atoms with E-state index in [1.165, 1.54) is 17.3 Å². The van der Waals surface area contributed by atoms with Crippen molar-refractivity contribution < 1.29 is 9.53 Å². The minimum Gasteiger partial charge on any atom is -0.497 e. The zero-order chi connectivity index (χ0) is 20.8. The van der Waals surface area contributed by atoms with Crippen molar-refractivity contribution in [3.05, 3.63) is 59.7 Å². The van der Waals surface area contributed by atoms with Gasteiger partial charge in [-0.3, -0.25) is 4.79 Å². The Kier molecular flexibility index (Phi) is 6.87. The molecule has 3 rings (SSSR count). The summed E-state index contributed by atoms with van der Waals surface area (Å²) in [5, 5.41) is 15.1. The highest BCUT2D eigenvalue weighted by Crippen LogP contribution is 2.24. The van der Waals surface area contributed by atoms with Crippen LogP contribution in [-0.2, 0) is 11.3 Å². The van der Waals surface area contributed by atoms with Gasteiger partial charge in [-0.05, 0) is 58.7 Å². The Labute approximate surface area is 174 Å². The molecule has 8 heteroatoms. The lowest BCUT2D eigenvalue weighted by molar-refractivity contribution is -0.120. The maximum absolute atomic E-state index is 12.5. The number of amides is 1. The van der Waals surface area contributed by atoms with Gasteiger partial charge in [0, 0.05) is 6.54 Å². The van der Waals surface area contributed by atoms with E-state index in [-0.39, 0.29) is 11.2 Å². The Hall–Kier alpha value is -2.87. The van der Waals surface area contributed by atoms with Crippen LogP contribution in [0.3, 0.4) is 0 Å². The molecule has 1 amide bonds. The van der Waals surface area contributed by atoms with Crippen LogP contribution in [-0.4, -0.2) is 38.5 Å². The fourth-order valence-electron chi connectivity index (χ4n) is 2.70. The van der Waals surface area contributed by atoms with Crippen molar-refractivity contribution in [2.45, 2.75) is 43.6 Å². The fourth-order valence-corrected chi connectivity index (χ4v) is 3.53. The van der Waals surface area contributed by atoms with Gasteiger partial charge in [-0.25, -0.2) is 0 Å². The lowest BCUT2D eigenvalue weighted by Crippen LogP contribution is -2.30. The van der Waals surface area contributed by atoms with E-state index in [1.807, 2.05) is 43.3 Å². The van der Waals surface area contributed by atoms with E-state index in [1.54, 1.807) is 11.8 Å². The maximum atomic E-state index is 12.5. The molecule has 0 fully saturated rings. The van der Waals surface area contributed by atoms with E-state index in [0.717, 1.165) is 17.0 Å². The molecule has 152 valence electrons. The molecule has 29 heavy (non-hydrogen) atoms. The van der Waals surface area contributed by atoms with Crippen LogP contribution in [0, 0.1) is 0 Å². The lowest BCUT2D eigenvalue weighted by atomic mass is 10.0. The predicted octanol–water partition coefficient (Wildman–Crippen LogP) is 3.59. The summed E-state index contributed by atoms with van der Waals surface area (Å²) in [5.41, 5.74) is 3.13. The molecule has 3 aromatic rings. The number of rotatable bonds is 8. The van der Waals surface area contributed by atoms with Gasteiger partial charge in [0.25, 0.3) is 0 Å². The first-order chi connectivity index (χ1) is 14.0. The van der Waals surface area contributed by atoms with Gasteiger partial charge in [-0.1, -0.05) is 49.9 Å². The van der Waals surface area contributed by atoms with Crippen molar-refractivity contribution in [2.24, 2.45) is 0 Å². The first-order valence-corrected chi connectivity index (χ1v) is 10.3. The van der Waals surface area contributed by atoms with Gasteiger partial charge in [-0.15, -0.1) is 5.10 Å². The molecule has 1 unspecified atom stereocenters. The molecule has 7 nitrogen and oxygen atoms in total. The first-order valence-electron chi connectivity index (χ1n) is 9.44. The van der Waals surface area contributed by atoms with Crippen molar-refractivity contribution in [3.8, 4) is 11.4 Å². The predicted molar refractivity (Wildman–Crippen MR) is 113 cm³/mol. The first kappa shape index (κ1) is 20.9. The Morgan fingerprint density at radius 3 is 2.41 bits per heavy atom. The minimum atomic E-state index is -0.340. The summed E-state index contributed by atoms with van der Waals surface area (Å²) in [5.74, 6) is 1.17. The molecular weight excluding hydrogens is 386 g/mol. The molecule has 0 aliphatic heterocycles. The number of ether oxygens (including phenoxy) is 1. The summed E-state index contributed by atoms with van der Waals surface area (Å²) in [6, 6.07) is 15.7. The molecule has 0 spiro atoms. The topological polar surface area (TPSA) is 81.9 Å². The average molecular weight is 412 g/mol. The number of thioether (sulfide) groups is 1. The van der Waals surface area contributed by atoms with Crippen LogP contribution < -0.4 is 10.1 Å². The molecule has 0 saturated heterocycles. The van der Waals surface area contributed by atoms with Crippen LogP contribution in [0.4, 0.5) is 0 Å². The second-order valence-electron chi connectivity index (χ2n) is 6.95. The molecule has 2 aromatic carbocycles. The van der Waals surface area contributed by atoms with E-state index in [2.05, 4.69) is 46.8 Å². The standard InChI is InChI=1S/C21H25N5O2S/c1-14(2)17-7-9-18(10-8-17)26-21(23-24-25-26)29-15(3)20(27)22-13-16-5-11-19(28-4)12-6-16/h5-12,14-15H,13H2,1-4H3,(H,22,27). The number of methoxy groups -OCH3 is 1. The van der Waals surface area contributed by atoms with Crippen molar-refractivity contribution in [2.75, 3.05) is 7.11 Å². The number of carbonyl (C=O) groups excluding carboxylic acids is 1. The van der Waals surface area contributed by atoms with E-state index in [9.17, 15) is 4.79 Å². The van der Waals surface area contributed by atoms with Crippen LogP contribution in [0.2, 0.25) is 0 Å². The zero-order valence-electron chi connectivity index (χ0n) is 17.0. The number of tetrazole rings is 1. The van der Waals surface area contributed by atoms with Gasteiger partial charge in [0.2, 0.25) is 11.1 Å². The third-order valence-electron chi connectivity index (χ3n) is 4.52. The average Bonchev–Trinajstić information content (AvgIpc) is 3.20. The monoisotopic (exact) mass is 411 g/mol. The van der Waals surface area contributed by atoms with Gasteiger partial charge in [-0.2, -0.15) is 4.68 Å². The minimum absolute atomic E-state index is 0.0736. The third-order valence-corrected chi connectivity index (χ3v) is 5.56. The van der Waals surface area contributed by atoms with Crippen LogP contribution in [0.15, 0.2) is 53.7 Å². The van der Waals surface area contributed by atoms with Gasteiger partial charge in [0.15, 0.2) is 0 Å². The van der Waals surface area contributed by atoms with Crippen molar-refractivity contribution in [1.82, 2.24) is 25.5 Å². The Morgan fingerprint density at radius 1 is 1.10 bits per heavy atom. The van der Waals surface area contributed by atoms with Gasteiger partial charge in [0.1, 0.15) is 5.75 Å². The SMILES string of the molecule is COc1ccc(CNC(=O)C(C)Sc2nnnn2-c2ccc(C(C)C)cc2)cc1. The summed E-state index contributed by atoms with van der Waals surface area (Å²) in [7, 11) is 1.63. The molecule has 0 saturated carbocycles. The number of nitrogens with one attached hydrogen (secondary N) is 1. The molecule has 1 aromatic heterocycles. The molecule has 0 aliphatic rings. The van der Waals surface area contributed by atoms with Crippen LogP contribution in [0.5, 0.6) is 5.75 Å². The number of nitrogens with zero attached hydrogens (tertiary/aromatic N) is 4. The number of benzene rings is 2. The molecule has 1 heterocycles. The Balaban J connectivity index is 1.61. The fraction of sp³-hybridized carbons (Fsp3) is 0.333. The lowest BCUT2D eigenvalue weighted by Gasteiger charge is -2.12. The summed E-state index contributed by atoms with van der Waals surface area (Å²) >= 11 is 1.33. The van der Waals surface area contributed by atoms with Crippen molar-refractivity contribution in [3.63, 3.8) is 0 Å². The number of hydrogen-bond donors (Lipinski definition) is 1. The van der Waals surface area contributed by atoms with Crippen molar-refractivity contribution in [1.29, 1.82) is 0 Å². The number of carbonyl (C=O) groups is 1. The maximum Gasteiger partial charge on any atom is 0.233 e. The normalized spacial score (nSPS) is 12.0. The highest BCUT2D eigenvalue weighted by Gasteiger charge is 2.19. The quantitative estimate of drug-likeness (QED) is 0.571. The van der Waals surface area contributed by atoms with Crippen LogP contribution in [0.1, 0.15) is 37.8 Å². The number of hydrogen-bond acceptors (Lipinski definition) is 6. The highest BCUT2D eigenvalue weighted by molar-refractivity contribution is 8.00. The smallest absolute Gasteiger partial charge is 0.233 e. The summed E-state index contributed by atoms with van der Waals surface area (Å²) < 4.78 is 6.80. The second-order valence-corrected chi connectivity index (χ2v) is 8.25. The molecule has 0 aliphatic carbocycles. The molecular formula is C21H25N5O2S. The highest BCUT2D eigenvalue weighted by atomic mass is 32.2. The van der Waals surface area contributed by atoms with Crippen LogP contribution >= 0.6 is 11.8 Å². The van der Waals surface area contributed by atoms with Gasteiger partial charge < -0.3 is 10.1 Å². The second kappa shape index (κ2) is 9.56. The molecule has 1 N–H and O–H groups in total. The largest absolute Gasteiger partial charge is 0.497 e. The van der Waals surface area contributed by atoms with Gasteiger partial charge in [0.05, 0.1) is 18.0 Å². The summed E-state index contributed by atoms with van der Waals surface area (Å²) in [6.45, 7) is 6.60. The summed E-state index contributed by atoms with van der Waals surface area (Å²) in [4.78, 5) is 12.5. The van der Waals surface area contributed by atoms with Crippen LogP contribution in [0.25, 0.3) is 5.69 Å². The Morgan fingerprint density at radius 2 is 1.79 bits per heavy atom. The van der Waals surface area contributed by atoms with E-state index >= 15 is 0 Å². The molecule has 0 bridgehead atoms. The Bertz CT molecular complexity index is 938. The molecule has 1 atom stereocenters. The summed E-state index contributed by atoms with van der Waals surface area (Å²) in [6.07, 6.45) is 0. The zero-order valence-corrected chi connectivity index (χ0v) is 17.8. The van der Waals surface area contributed by atoms with Crippen molar-refractivity contribution >= 4 is 17.7 Å². The molecule has 0 radical (unpaired) electrons. The number of aromatic nitrogens is 4. The van der Waals surface area contributed by atoms with E-state index in [0.29, 0.717) is 17.6 Å². The van der Waals surface area contributed by atoms with E-state index < -0.39 is 0 Å².